The number of hydrogen-bond acceptors (Lipinski definition) is 6. The lowest BCUT2D eigenvalue weighted by Gasteiger charge is -2.32. The molecule has 1 heterocycles. The molecule has 0 saturated carbocycles. The van der Waals surface area contributed by atoms with Crippen molar-refractivity contribution in [3.63, 3.8) is 0 Å². The second-order valence-electron chi connectivity index (χ2n) is 10.9. The number of rotatable bonds is 10. The van der Waals surface area contributed by atoms with Gasteiger partial charge < -0.3 is 19.6 Å². The summed E-state index contributed by atoms with van der Waals surface area (Å²) >= 11 is 0. The number of aryl methyl sites for hydroxylation is 2. The Morgan fingerprint density at radius 3 is 2.49 bits per heavy atom. The van der Waals surface area contributed by atoms with E-state index in [0.29, 0.717) is 24.5 Å². The highest BCUT2D eigenvalue weighted by molar-refractivity contribution is 6.09. The molecule has 0 spiro atoms. The van der Waals surface area contributed by atoms with E-state index in [-0.39, 0.29) is 11.5 Å². The number of carbonyl (C=O) groups is 1. The summed E-state index contributed by atoms with van der Waals surface area (Å²) in [4.78, 5) is 20.3. The van der Waals surface area contributed by atoms with Crippen molar-refractivity contribution in [1.82, 2.24) is 14.7 Å². The fraction of sp³-hybridized carbons (Fsp3) is 0.364. The Bertz CT molecular complexity index is 1320. The van der Waals surface area contributed by atoms with Crippen LogP contribution in [0.2, 0.25) is 0 Å². The zero-order valence-corrected chi connectivity index (χ0v) is 23.9. The Kier molecular flexibility index (Phi) is 9.57. The molecule has 0 radical (unpaired) electrons. The molecule has 0 unspecified atom stereocenters. The molecule has 0 aromatic heterocycles. The van der Waals surface area contributed by atoms with Crippen LogP contribution < -0.4 is 4.74 Å². The minimum atomic E-state index is -0.110. The average molecular weight is 528 g/mol. The van der Waals surface area contributed by atoms with E-state index >= 15 is 0 Å². The number of hydrogen-bond donors (Lipinski definition) is 1. The number of likely N-dealkylation sites (N-methyl/N-ethyl adjacent to an activating group) is 2. The lowest BCUT2D eigenvalue weighted by Crippen LogP contribution is -2.43. The Morgan fingerprint density at radius 1 is 1.00 bits per heavy atom. The van der Waals surface area contributed by atoms with E-state index in [2.05, 4.69) is 52.9 Å². The van der Waals surface area contributed by atoms with Gasteiger partial charge in [-0.1, -0.05) is 42.0 Å². The number of nitrogens with zero attached hydrogens (tertiary/aromatic N) is 3. The van der Waals surface area contributed by atoms with Gasteiger partial charge in [-0.15, -0.1) is 0 Å². The van der Waals surface area contributed by atoms with Crippen LogP contribution in [0.25, 0.3) is 17.2 Å². The molecule has 1 aliphatic rings. The Hall–Kier alpha value is -3.45. The van der Waals surface area contributed by atoms with Crippen LogP contribution in [0.15, 0.2) is 60.7 Å². The molecule has 3 aromatic rings. The van der Waals surface area contributed by atoms with Crippen molar-refractivity contribution in [1.29, 1.82) is 0 Å². The molecule has 4 rings (SSSR count). The molecular weight excluding hydrogens is 486 g/mol. The van der Waals surface area contributed by atoms with Gasteiger partial charge in [0.15, 0.2) is 5.78 Å². The Balaban J connectivity index is 1.60. The van der Waals surface area contributed by atoms with Crippen molar-refractivity contribution in [2.45, 2.75) is 20.4 Å². The predicted molar refractivity (Wildman–Crippen MR) is 160 cm³/mol. The van der Waals surface area contributed by atoms with Crippen LogP contribution in [0, 0.1) is 13.8 Å². The zero-order valence-electron chi connectivity index (χ0n) is 23.9. The molecule has 0 amide bonds. The molecule has 1 saturated heterocycles. The maximum absolute atomic E-state index is 13.6. The number of carbonyl (C=O) groups excluding carboxylic acids is 1. The van der Waals surface area contributed by atoms with E-state index in [1.807, 2.05) is 51.4 Å². The summed E-state index contributed by atoms with van der Waals surface area (Å²) in [7, 11) is 6.14. The van der Waals surface area contributed by atoms with Gasteiger partial charge in [-0.3, -0.25) is 9.69 Å². The summed E-state index contributed by atoms with van der Waals surface area (Å²) in [6, 6.07) is 17.9. The second-order valence-corrected chi connectivity index (χ2v) is 10.9. The number of allylic oxidation sites excluding steroid dienone is 1. The van der Waals surface area contributed by atoms with E-state index in [4.69, 9.17) is 4.74 Å². The molecule has 0 bridgehead atoms. The predicted octanol–water partition coefficient (Wildman–Crippen LogP) is 5.26. The molecule has 0 aliphatic carbocycles. The Labute approximate surface area is 233 Å². The molecule has 3 aromatic carbocycles. The van der Waals surface area contributed by atoms with Crippen LogP contribution in [-0.2, 0) is 6.54 Å². The second kappa shape index (κ2) is 13.1. The molecule has 1 fully saturated rings. The smallest absolute Gasteiger partial charge is 0.189 e. The monoisotopic (exact) mass is 527 g/mol. The first-order valence-corrected chi connectivity index (χ1v) is 13.6. The van der Waals surface area contributed by atoms with Gasteiger partial charge in [0.05, 0.1) is 5.56 Å². The number of ketones is 1. The van der Waals surface area contributed by atoms with Crippen molar-refractivity contribution in [3.8, 4) is 22.6 Å². The first-order chi connectivity index (χ1) is 18.7. The minimum absolute atomic E-state index is 0.110. The van der Waals surface area contributed by atoms with E-state index in [0.717, 1.165) is 60.5 Å². The summed E-state index contributed by atoms with van der Waals surface area (Å²) in [5.74, 6) is 0.806. The van der Waals surface area contributed by atoms with E-state index in [1.165, 1.54) is 5.56 Å². The molecule has 6 heteroatoms. The van der Waals surface area contributed by atoms with Gasteiger partial charge in [0.25, 0.3) is 0 Å². The summed E-state index contributed by atoms with van der Waals surface area (Å²) in [6.07, 6.45) is 3.44. The highest BCUT2D eigenvalue weighted by Crippen LogP contribution is 2.32. The van der Waals surface area contributed by atoms with Crippen LogP contribution in [0.5, 0.6) is 11.5 Å². The van der Waals surface area contributed by atoms with E-state index in [1.54, 1.807) is 12.1 Å². The lowest BCUT2D eigenvalue weighted by atomic mass is 9.96. The molecule has 0 atom stereocenters. The fourth-order valence-corrected chi connectivity index (χ4v) is 4.81. The topological polar surface area (TPSA) is 56.2 Å². The number of benzene rings is 3. The first kappa shape index (κ1) is 28.6. The number of piperazine rings is 1. The SMILES string of the molecule is Cc1cccc(-c2cc(C)c(OCCN(C)C)c(C(=O)/C=C/c3ccc(O)c(CN4CCN(C)CC4)c3)c2)c1. The van der Waals surface area contributed by atoms with Crippen LogP contribution in [0.1, 0.15) is 32.6 Å². The molecular formula is C33H41N3O3. The summed E-state index contributed by atoms with van der Waals surface area (Å²) in [5.41, 5.74) is 6.48. The van der Waals surface area contributed by atoms with Gasteiger partial charge in [-0.2, -0.15) is 0 Å². The number of phenols is 1. The lowest BCUT2D eigenvalue weighted by molar-refractivity contribution is 0.104. The molecule has 6 nitrogen and oxygen atoms in total. The average Bonchev–Trinajstić information content (AvgIpc) is 2.90. The van der Waals surface area contributed by atoms with E-state index in [9.17, 15) is 9.90 Å². The minimum Gasteiger partial charge on any atom is -0.508 e. The van der Waals surface area contributed by atoms with Gasteiger partial charge in [-0.05, 0) is 87.6 Å². The third kappa shape index (κ3) is 7.79. The number of phenolic OH excluding ortho intramolecular Hbond substituents is 1. The molecule has 39 heavy (non-hydrogen) atoms. The van der Waals surface area contributed by atoms with Gasteiger partial charge >= 0.3 is 0 Å². The summed E-state index contributed by atoms with van der Waals surface area (Å²) in [6.45, 7) is 10.0. The van der Waals surface area contributed by atoms with Gasteiger partial charge in [0.2, 0.25) is 0 Å². The first-order valence-electron chi connectivity index (χ1n) is 13.6. The fourth-order valence-electron chi connectivity index (χ4n) is 4.81. The summed E-state index contributed by atoms with van der Waals surface area (Å²) < 4.78 is 6.16. The van der Waals surface area contributed by atoms with Crippen molar-refractivity contribution >= 4 is 11.9 Å². The van der Waals surface area contributed by atoms with Gasteiger partial charge in [0.1, 0.15) is 18.1 Å². The zero-order chi connectivity index (χ0) is 27.9. The standard InChI is InChI=1S/C33H41N3O3/c1-24-7-6-8-27(19-24)28-20-25(2)33(39-18-17-34(3)4)30(22-28)32(38)12-10-26-9-11-31(37)29(21-26)23-36-15-13-35(5)14-16-36/h6-12,19-22,37H,13-18,23H2,1-5H3/b12-10+. The largest absolute Gasteiger partial charge is 0.508 e. The van der Waals surface area contributed by atoms with Crippen LogP contribution in [-0.4, -0.2) is 86.1 Å². The maximum Gasteiger partial charge on any atom is 0.189 e. The van der Waals surface area contributed by atoms with Crippen LogP contribution >= 0.6 is 0 Å². The quantitative estimate of drug-likeness (QED) is 0.287. The van der Waals surface area contributed by atoms with E-state index < -0.39 is 0 Å². The molecule has 206 valence electrons. The number of aromatic hydroxyl groups is 1. The number of ether oxygens (including phenoxy) is 1. The van der Waals surface area contributed by atoms with Crippen molar-refractivity contribution < 1.29 is 14.6 Å². The van der Waals surface area contributed by atoms with Crippen LogP contribution in [0.3, 0.4) is 0 Å². The normalized spacial score (nSPS) is 14.8. The molecule has 1 aliphatic heterocycles. The third-order valence-corrected chi connectivity index (χ3v) is 7.20. The van der Waals surface area contributed by atoms with Crippen molar-refractivity contribution in [2.24, 2.45) is 0 Å². The van der Waals surface area contributed by atoms with Crippen molar-refractivity contribution in [3.05, 3.63) is 88.5 Å². The highest BCUT2D eigenvalue weighted by Gasteiger charge is 2.17. The van der Waals surface area contributed by atoms with Gasteiger partial charge in [0, 0.05) is 44.8 Å². The molecule has 1 N–H and O–H groups in total. The summed E-state index contributed by atoms with van der Waals surface area (Å²) in [5, 5.41) is 10.5. The van der Waals surface area contributed by atoms with Crippen molar-refractivity contribution in [2.75, 3.05) is 60.5 Å². The maximum atomic E-state index is 13.6. The van der Waals surface area contributed by atoms with Crippen LogP contribution in [0.4, 0.5) is 0 Å². The van der Waals surface area contributed by atoms with Gasteiger partial charge in [-0.25, -0.2) is 0 Å². The Morgan fingerprint density at radius 2 is 1.77 bits per heavy atom. The third-order valence-electron chi connectivity index (χ3n) is 7.20. The highest BCUT2D eigenvalue weighted by atomic mass is 16.5.